The SMILES string of the molecule is CCc1ccc(-c2nnn(CC(=O)N(C)Cc3ccccc3)n2)cc1. The van der Waals surface area contributed by atoms with E-state index in [1.165, 1.54) is 10.4 Å². The molecule has 1 heterocycles. The van der Waals surface area contributed by atoms with Crippen molar-refractivity contribution in [2.75, 3.05) is 7.05 Å². The summed E-state index contributed by atoms with van der Waals surface area (Å²) in [6.07, 6.45) is 0.989. The van der Waals surface area contributed by atoms with Crippen LogP contribution in [0.3, 0.4) is 0 Å². The summed E-state index contributed by atoms with van der Waals surface area (Å²) in [4.78, 5) is 15.3. The van der Waals surface area contributed by atoms with E-state index in [0.29, 0.717) is 12.4 Å². The lowest BCUT2D eigenvalue weighted by Crippen LogP contribution is -2.30. The van der Waals surface area contributed by atoms with E-state index in [-0.39, 0.29) is 12.5 Å². The van der Waals surface area contributed by atoms with Gasteiger partial charge in [0.05, 0.1) is 0 Å². The Morgan fingerprint density at radius 2 is 1.76 bits per heavy atom. The number of benzene rings is 2. The Balaban J connectivity index is 1.63. The smallest absolute Gasteiger partial charge is 0.246 e. The van der Waals surface area contributed by atoms with Gasteiger partial charge in [-0.25, -0.2) is 0 Å². The summed E-state index contributed by atoms with van der Waals surface area (Å²) in [6.45, 7) is 2.74. The van der Waals surface area contributed by atoms with Crippen molar-refractivity contribution in [2.45, 2.75) is 26.4 Å². The van der Waals surface area contributed by atoms with Crippen LogP contribution in [-0.4, -0.2) is 38.1 Å². The third-order valence-electron chi connectivity index (χ3n) is 4.04. The predicted molar refractivity (Wildman–Crippen MR) is 95.5 cm³/mol. The maximum atomic E-state index is 12.3. The van der Waals surface area contributed by atoms with Crippen LogP contribution in [0.15, 0.2) is 54.6 Å². The van der Waals surface area contributed by atoms with Crippen molar-refractivity contribution in [1.29, 1.82) is 0 Å². The minimum atomic E-state index is -0.0610. The summed E-state index contributed by atoms with van der Waals surface area (Å²) in [6, 6.07) is 17.9. The van der Waals surface area contributed by atoms with Gasteiger partial charge >= 0.3 is 0 Å². The summed E-state index contributed by atoms with van der Waals surface area (Å²) >= 11 is 0. The van der Waals surface area contributed by atoms with E-state index in [4.69, 9.17) is 0 Å². The average Bonchev–Trinajstić information content (AvgIpc) is 3.11. The minimum absolute atomic E-state index is 0.0610. The molecular weight excluding hydrogens is 314 g/mol. The van der Waals surface area contributed by atoms with E-state index >= 15 is 0 Å². The maximum Gasteiger partial charge on any atom is 0.246 e. The van der Waals surface area contributed by atoms with Crippen molar-refractivity contribution in [3.8, 4) is 11.4 Å². The standard InChI is InChI=1S/C19H21N5O/c1-3-15-9-11-17(12-10-15)19-20-22-24(21-19)14-18(25)23(2)13-16-7-5-4-6-8-16/h4-12H,3,13-14H2,1-2H3. The second-order valence-corrected chi connectivity index (χ2v) is 5.93. The molecule has 3 aromatic rings. The number of amides is 1. The fourth-order valence-electron chi connectivity index (χ4n) is 2.50. The van der Waals surface area contributed by atoms with Gasteiger partial charge in [0, 0.05) is 19.2 Å². The molecule has 3 rings (SSSR count). The monoisotopic (exact) mass is 335 g/mol. The Hall–Kier alpha value is -3.02. The molecule has 0 atom stereocenters. The Kier molecular flexibility index (Phi) is 5.18. The first-order chi connectivity index (χ1) is 12.2. The number of carbonyl (C=O) groups excluding carboxylic acids is 1. The molecule has 0 saturated heterocycles. The molecule has 0 unspecified atom stereocenters. The average molecular weight is 335 g/mol. The van der Waals surface area contributed by atoms with Gasteiger partial charge in [0.25, 0.3) is 0 Å². The number of hydrogen-bond donors (Lipinski definition) is 0. The molecule has 0 aliphatic carbocycles. The molecule has 0 N–H and O–H groups in total. The molecule has 0 radical (unpaired) electrons. The lowest BCUT2D eigenvalue weighted by Gasteiger charge is -2.16. The number of tetrazole rings is 1. The largest absolute Gasteiger partial charge is 0.340 e. The highest BCUT2D eigenvalue weighted by Gasteiger charge is 2.13. The fourth-order valence-corrected chi connectivity index (χ4v) is 2.50. The number of aryl methyl sites for hydroxylation is 1. The molecule has 1 amide bonds. The third-order valence-corrected chi connectivity index (χ3v) is 4.04. The topological polar surface area (TPSA) is 63.9 Å². The van der Waals surface area contributed by atoms with Crippen LogP contribution in [0.1, 0.15) is 18.1 Å². The zero-order valence-electron chi connectivity index (χ0n) is 14.5. The fraction of sp³-hybridized carbons (Fsp3) is 0.263. The number of nitrogens with zero attached hydrogens (tertiary/aromatic N) is 5. The molecule has 0 aliphatic heterocycles. The molecule has 1 aromatic heterocycles. The van der Waals surface area contributed by atoms with Crippen LogP contribution in [0.4, 0.5) is 0 Å². The Labute approximate surface area is 147 Å². The van der Waals surface area contributed by atoms with Crippen LogP contribution in [0.2, 0.25) is 0 Å². The summed E-state index contributed by atoms with van der Waals surface area (Å²) in [5.74, 6) is 0.468. The molecule has 6 heteroatoms. The van der Waals surface area contributed by atoms with Crippen LogP contribution < -0.4 is 0 Å². The lowest BCUT2D eigenvalue weighted by atomic mass is 10.1. The molecule has 128 valence electrons. The van der Waals surface area contributed by atoms with Gasteiger partial charge in [-0.15, -0.1) is 10.2 Å². The molecule has 0 saturated carbocycles. The summed E-state index contributed by atoms with van der Waals surface area (Å²) in [5, 5.41) is 12.4. The molecule has 0 fully saturated rings. The first kappa shape index (κ1) is 16.8. The van der Waals surface area contributed by atoms with Gasteiger partial charge in [0.15, 0.2) is 0 Å². The third kappa shape index (κ3) is 4.29. The van der Waals surface area contributed by atoms with E-state index in [1.54, 1.807) is 11.9 Å². The van der Waals surface area contributed by atoms with E-state index in [2.05, 4.69) is 34.5 Å². The minimum Gasteiger partial charge on any atom is -0.340 e. The normalized spacial score (nSPS) is 10.6. The molecule has 0 aliphatic rings. The Morgan fingerprint density at radius 3 is 2.44 bits per heavy atom. The highest BCUT2D eigenvalue weighted by atomic mass is 16.2. The van der Waals surface area contributed by atoms with Crippen LogP contribution in [0, 0.1) is 0 Å². The van der Waals surface area contributed by atoms with Crippen LogP contribution >= 0.6 is 0 Å². The first-order valence-corrected chi connectivity index (χ1v) is 8.30. The van der Waals surface area contributed by atoms with Crippen LogP contribution in [-0.2, 0) is 24.3 Å². The quantitative estimate of drug-likeness (QED) is 0.694. The summed E-state index contributed by atoms with van der Waals surface area (Å²) in [7, 11) is 1.77. The van der Waals surface area contributed by atoms with Crippen molar-refractivity contribution >= 4 is 5.91 Å². The first-order valence-electron chi connectivity index (χ1n) is 8.30. The van der Waals surface area contributed by atoms with E-state index < -0.39 is 0 Å². The number of aromatic nitrogens is 4. The lowest BCUT2D eigenvalue weighted by molar-refractivity contribution is -0.131. The zero-order valence-corrected chi connectivity index (χ0v) is 14.5. The van der Waals surface area contributed by atoms with Crippen molar-refractivity contribution < 1.29 is 4.79 Å². The molecular formula is C19H21N5O. The van der Waals surface area contributed by atoms with E-state index in [1.807, 2.05) is 42.5 Å². The van der Waals surface area contributed by atoms with E-state index in [0.717, 1.165) is 17.5 Å². The van der Waals surface area contributed by atoms with Crippen LogP contribution in [0.5, 0.6) is 0 Å². The molecule has 2 aromatic carbocycles. The molecule has 25 heavy (non-hydrogen) atoms. The second-order valence-electron chi connectivity index (χ2n) is 5.93. The Bertz CT molecular complexity index is 827. The van der Waals surface area contributed by atoms with Crippen molar-refractivity contribution in [3.05, 3.63) is 65.7 Å². The number of rotatable bonds is 6. The predicted octanol–water partition coefficient (Wildman–Crippen LogP) is 2.56. The zero-order chi connectivity index (χ0) is 17.6. The van der Waals surface area contributed by atoms with Gasteiger partial charge in [0.1, 0.15) is 6.54 Å². The van der Waals surface area contributed by atoms with Crippen molar-refractivity contribution in [1.82, 2.24) is 25.1 Å². The number of hydrogen-bond acceptors (Lipinski definition) is 4. The van der Waals surface area contributed by atoms with Gasteiger partial charge in [-0.2, -0.15) is 4.80 Å². The Morgan fingerprint density at radius 1 is 1.04 bits per heavy atom. The van der Waals surface area contributed by atoms with Gasteiger partial charge in [-0.05, 0) is 22.8 Å². The van der Waals surface area contributed by atoms with Gasteiger partial charge < -0.3 is 4.90 Å². The second kappa shape index (κ2) is 7.70. The van der Waals surface area contributed by atoms with Crippen molar-refractivity contribution in [3.63, 3.8) is 0 Å². The van der Waals surface area contributed by atoms with Crippen LogP contribution in [0.25, 0.3) is 11.4 Å². The number of likely N-dealkylation sites (N-methyl/N-ethyl adjacent to an activating group) is 1. The summed E-state index contributed by atoms with van der Waals surface area (Å²) in [5.41, 5.74) is 3.24. The van der Waals surface area contributed by atoms with E-state index in [9.17, 15) is 4.79 Å². The molecule has 0 spiro atoms. The molecule has 0 bridgehead atoms. The summed E-state index contributed by atoms with van der Waals surface area (Å²) < 4.78 is 0. The van der Waals surface area contributed by atoms with Gasteiger partial charge in [-0.3, -0.25) is 4.79 Å². The highest BCUT2D eigenvalue weighted by Crippen LogP contribution is 2.14. The van der Waals surface area contributed by atoms with Gasteiger partial charge in [-0.1, -0.05) is 61.5 Å². The number of carbonyl (C=O) groups is 1. The van der Waals surface area contributed by atoms with Crippen molar-refractivity contribution in [2.24, 2.45) is 0 Å². The molecule has 6 nitrogen and oxygen atoms in total. The van der Waals surface area contributed by atoms with Gasteiger partial charge in [0.2, 0.25) is 11.7 Å². The highest BCUT2D eigenvalue weighted by molar-refractivity contribution is 5.75. The maximum absolute atomic E-state index is 12.3.